The fourth-order valence-corrected chi connectivity index (χ4v) is 2.58. The van der Waals surface area contributed by atoms with Crippen molar-refractivity contribution < 1.29 is 9.53 Å². The maximum Gasteiger partial charge on any atom is 0.342 e. The number of rotatable bonds is 3. The van der Waals surface area contributed by atoms with Gasteiger partial charge in [0.25, 0.3) is 0 Å². The Labute approximate surface area is 103 Å². The normalized spacial score (nSPS) is 14.9. The molecule has 0 aliphatic heterocycles. The first-order valence-electron chi connectivity index (χ1n) is 5.50. The minimum atomic E-state index is -0.304. The van der Waals surface area contributed by atoms with Gasteiger partial charge in [0, 0.05) is 16.9 Å². The first kappa shape index (κ1) is 10.5. The standard InChI is InChI=1S/C12H12N2O2S/c1-16-12(15)9-10(7-2-3-7)13-14-11(9)8-4-5-17-6-8/h4-7H,2-3H2,1H3,(H,13,14). The van der Waals surface area contributed by atoms with E-state index in [0.29, 0.717) is 17.2 Å². The minimum absolute atomic E-state index is 0.304. The van der Waals surface area contributed by atoms with E-state index in [1.807, 2.05) is 16.8 Å². The number of H-pyrrole nitrogens is 1. The van der Waals surface area contributed by atoms with Crippen molar-refractivity contribution in [3.63, 3.8) is 0 Å². The number of thiophene rings is 1. The molecule has 3 rings (SSSR count). The van der Waals surface area contributed by atoms with Gasteiger partial charge in [-0.3, -0.25) is 5.10 Å². The van der Waals surface area contributed by atoms with Gasteiger partial charge in [0.1, 0.15) is 11.3 Å². The zero-order valence-corrected chi connectivity index (χ0v) is 10.2. The second-order valence-electron chi connectivity index (χ2n) is 4.14. The van der Waals surface area contributed by atoms with E-state index in [0.717, 1.165) is 24.1 Å². The van der Waals surface area contributed by atoms with Crippen molar-refractivity contribution >= 4 is 17.3 Å². The SMILES string of the molecule is COC(=O)c1c(-c2ccsc2)n[nH]c1C1CC1. The number of nitrogens with zero attached hydrogens (tertiary/aromatic N) is 1. The Kier molecular flexibility index (Phi) is 2.48. The smallest absolute Gasteiger partial charge is 0.342 e. The van der Waals surface area contributed by atoms with Gasteiger partial charge in [0.05, 0.1) is 12.8 Å². The van der Waals surface area contributed by atoms with Crippen molar-refractivity contribution in [2.24, 2.45) is 0 Å². The predicted molar refractivity (Wildman–Crippen MR) is 65.2 cm³/mol. The van der Waals surface area contributed by atoms with Crippen molar-refractivity contribution in [1.29, 1.82) is 0 Å². The Balaban J connectivity index is 2.12. The molecule has 2 aromatic heterocycles. The Morgan fingerprint density at radius 1 is 1.59 bits per heavy atom. The fraction of sp³-hybridized carbons (Fsp3) is 0.333. The molecule has 5 heteroatoms. The van der Waals surface area contributed by atoms with Crippen LogP contribution in [0, 0.1) is 0 Å². The number of methoxy groups -OCH3 is 1. The van der Waals surface area contributed by atoms with Gasteiger partial charge in [-0.2, -0.15) is 16.4 Å². The van der Waals surface area contributed by atoms with E-state index < -0.39 is 0 Å². The summed E-state index contributed by atoms with van der Waals surface area (Å²) >= 11 is 1.59. The second-order valence-corrected chi connectivity index (χ2v) is 4.92. The van der Waals surface area contributed by atoms with E-state index in [1.165, 1.54) is 7.11 Å². The van der Waals surface area contributed by atoms with Crippen LogP contribution in [0.4, 0.5) is 0 Å². The molecule has 0 saturated heterocycles. The topological polar surface area (TPSA) is 55.0 Å². The molecular weight excluding hydrogens is 236 g/mol. The van der Waals surface area contributed by atoms with Crippen LogP contribution in [-0.4, -0.2) is 23.3 Å². The third kappa shape index (κ3) is 1.76. The molecule has 1 fully saturated rings. The van der Waals surface area contributed by atoms with Gasteiger partial charge in [0.15, 0.2) is 0 Å². The molecule has 2 aromatic rings. The summed E-state index contributed by atoms with van der Waals surface area (Å²) < 4.78 is 4.86. The molecular formula is C12H12N2O2S. The third-order valence-electron chi connectivity index (χ3n) is 2.96. The lowest BCUT2D eigenvalue weighted by Gasteiger charge is -2.01. The van der Waals surface area contributed by atoms with Gasteiger partial charge in [-0.25, -0.2) is 4.79 Å². The number of hydrogen-bond acceptors (Lipinski definition) is 4. The highest BCUT2D eigenvalue weighted by molar-refractivity contribution is 7.08. The van der Waals surface area contributed by atoms with E-state index in [4.69, 9.17) is 4.74 Å². The molecule has 88 valence electrons. The number of hydrogen-bond donors (Lipinski definition) is 1. The Bertz CT molecular complexity index is 541. The summed E-state index contributed by atoms with van der Waals surface area (Å²) in [5.41, 5.74) is 3.21. The number of carbonyl (C=O) groups is 1. The van der Waals surface area contributed by atoms with Gasteiger partial charge >= 0.3 is 5.97 Å². The van der Waals surface area contributed by atoms with Crippen LogP contribution >= 0.6 is 11.3 Å². The van der Waals surface area contributed by atoms with E-state index in [2.05, 4.69) is 10.2 Å². The number of ether oxygens (including phenoxy) is 1. The Morgan fingerprint density at radius 2 is 2.41 bits per heavy atom. The molecule has 1 aliphatic rings. The van der Waals surface area contributed by atoms with E-state index in [9.17, 15) is 4.79 Å². The van der Waals surface area contributed by atoms with Crippen LogP contribution in [0.25, 0.3) is 11.3 Å². The molecule has 0 radical (unpaired) electrons. The summed E-state index contributed by atoms with van der Waals surface area (Å²) in [4.78, 5) is 11.9. The summed E-state index contributed by atoms with van der Waals surface area (Å²) in [5, 5.41) is 11.2. The number of aromatic amines is 1. The summed E-state index contributed by atoms with van der Waals surface area (Å²) in [6.45, 7) is 0. The van der Waals surface area contributed by atoms with Crippen LogP contribution in [0.1, 0.15) is 34.8 Å². The first-order valence-corrected chi connectivity index (χ1v) is 6.44. The van der Waals surface area contributed by atoms with Crippen LogP contribution in [0.5, 0.6) is 0 Å². The van der Waals surface area contributed by atoms with Crippen LogP contribution < -0.4 is 0 Å². The maximum atomic E-state index is 11.9. The quantitative estimate of drug-likeness (QED) is 0.850. The molecule has 1 saturated carbocycles. The lowest BCUT2D eigenvalue weighted by molar-refractivity contribution is 0.0600. The molecule has 1 aliphatic carbocycles. The van der Waals surface area contributed by atoms with E-state index >= 15 is 0 Å². The van der Waals surface area contributed by atoms with Gasteiger partial charge < -0.3 is 4.74 Å². The molecule has 1 N–H and O–H groups in total. The molecule has 4 nitrogen and oxygen atoms in total. The zero-order valence-electron chi connectivity index (χ0n) is 9.40. The second kappa shape index (κ2) is 4.00. The molecule has 0 bridgehead atoms. The molecule has 2 heterocycles. The average Bonchev–Trinajstić information content (AvgIpc) is 2.90. The molecule has 0 aromatic carbocycles. The van der Waals surface area contributed by atoms with E-state index in [1.54, 1.807) is 11.3 Å². The van der Waals surface area contributed by atoms with Gasteiger partial charge in [-0.05, 0) is 24.3 Å². The number of carbonyl (C=O) groups excluding carboxylic acids is 1. The molecule has 17 heavy (non-hydrogen) atoms. The van der Waals surface area contributed by atoms with Crippen LogP contribution in [0.15, 0.2) is 16.8 Å². The maximum absolute atomic E-state index is 11.9. The van der Waals surface area contributed by atoms with Gasteiger partial charge in [0.2, 0.25) is 0 Å². The number of nitrogens with one attached hydrogen (secondary N) is 1. The van der Waals surface area contributed by atoms with Crippen molar-refractivity contribution in [3.8, 4) is 11.3 Å². The van der Waals surface area contributed by atoms with Crippen molar-refractivity contribution in [2.75, 3.05) is 7.11 Å². The van der Waals surface area contributed by atoms with Gasteiger partial charge in [-0.15, -0.1) is 0 Å². The van der Waals surface area contributed by atoms with E-state index in [-0.39, 0.29) is 5.97 Å². The summed E-state index contributed by atoms with van der Waals surface area (Å²) in [6.07, 6.45) is 2.24. The molecule has 0 unspecified atom stereocenters. The Morgan fingerprint density at radius 3 is 3.00 bits per heavy atom. The lowest BCUT2D eigenvalue weighted by Crippen LogP contribution is -2.04. The third-order valence-corrected chi connectivity index (χ3v) is 3.65. The molecule has 0 spiro atoms. The highest BCUT2D eigenvalue weighted by atomic mass is 32.1. The van der Waals surface area contributed by atoms with Gasteiger partial charge in [-0.1, -0.05) is 0 Å². The highest BCUT2D eigenvalue weighted by Crippen LogP contribution is 2.42. The predicted octanol–water partition coefficient (Wildman–Crippen LogP) is 2.80. The Hall–Kier alpha value is -1.62. The van der Waals surface area contributed by atoms with Crippen LogP contribution in [-0.2, 0) is 4.74 Å². The zero-order chi connectivity index (χ0) is 11.8. The fourth-order valence-electron chi connectivity index (χ4n) is 1.94. The lowest BCUT2D eigenvalue weighted by atomic mass is 10.1. The molecule has 0 atom stereocenters. The van der Waals surface area contributed by atoms with Crippen molar-refractivity contribution in [3.05, 3.63) is 28.1 Å². The molecule has 0 amide bonds. The minimum Gasteiger partial charge on any atom is -0.465 e. The average molecular weight is 248 g/mol. The van der Waals surface area contributed by atoms with Crippen LogP contribution in [0.2, 0.25) is 0 Å². The summed E-state index contributed by atoms with van der Waals surface area (Å²) in [7, 11) is 1.41. The van der Waals surface area contributed by atoms with Crippen LogP contribution in [0.3, 0.4) is 0 Å². The summed E-state index contributed by atoms with van der Waals surface area (Å²) in [5.74, 6) is 0.144. The number of esters is 1. The largest absolute Gasteiger partial charge is 0.465 e. The summed E-state index contributed by atoms with van der Waals surface area (Å²) in [6, 6.07) is 1.96. The first-order chi connectivity index (χ1) is 8.31. The monoisotopic (exact) mass is 248 g/mol. The van der Waals surface area contributed by atoms with Crippen molar-refractivity contribution in [1.82, 2.24) is 10.2 Å². The number of aromatic nitrogens is 2. The highest BCUT2D eigenvalue weighted by Gasteiger charge is 2.33. The van der Waals surface area contributed by atoms with Crippen molar-refractivity contribution in [2.45, 2.75) is 18.8 Å².